The lowest BCUT2D eigenvalue weighted by Gasteiger charge is -2.34. The van der Waals surface area contributed by atoms with E-state index in [-0.39, 0.29) is 11.6 Å². The van der Waals surface area contributed by atoms with Crippen LogP contribution in [-0.2, 0) is 6.54 Å². The van der Waals surface area contributed by atoms with Gasteiger partial charge >= 0.3 is 0 Å². The fraction of sp³-hybridized carbons (Fsp3) is 0.375. The van der Waals surface area contributed by atoms with Crippen LogP contribution in [0.4, 0.5) is 14.5 Å². The fourth-order valence-corrected chi connectivity index (χ4v) is 3.86. The summed E-state index contributed by atoms with van der Waals surface area (Å²) in [6.45, 7) is 8.44. The molecule has 31 heavy (non-hydrogen) atoms. The number of anilines is 1. The second-order valence-corrected chi connectivity index (χ2v) is 8.41. The number of piperazine rings is 1. The average Bonchev–Trinajstić information content (AvgIpc) is 3.22. The van der Waals surface area contributed by atoms with Gasteiger partial charge in [-0.3, -0.25) is 0 Å². The molecule has 2 aromatic carbocycles. The van der Waals surface area contributed by atoms with E-state index < -0.39 is 11.6 Å². The third-order valence-corrected chi connectivity index (χ3v) is 5.68. The zero-order valence-corrected chi connectivity index (χ0v) is 18.3. The minimum Gasteiger partial charge on any atom is -0.369 e. The molecule has 1 saturated heterocycles. The van der Waals surface area contributed by atoms with Crippen molar-refractivity contribution in [1.82, 2.24) is 20.0 Å². The van der Waals surface area contributed by atoms with Crippen LogP contribution in [-0.4, -0.2) is 53.9 Å². The quantitative estimate of drug-likeness (QED) is 0.646. The zero-order valence-electron chi connectivity index (χ0n) is 18.3. The standard InChI is InChI=1S/C24H29F2N5/c1-17(2)27-16-18-14-21(25)24(22(26)15-18)23-8-9-28-31(23)20-6-4-19(5-7-20)30-12-10-29(3)11-13-30/h4-9,14-15,17,27H,10-13,16H2,1-3H3. The van der Waals surface area contributed by atoms with E-state index in [1.807, 2.05) is 38.1 Å². The summed E-state index contributed by atoms with van der Waals surface area (Å²) in [5.41, 5.74) is 2.82. The summed E-state index contributed by atoms with van der Waals surface area (Å²) in [6, 6.07) is 12.6. The molecule has 1 N–H and O–H groups in total. The highest BCUT2D eigenvalue weighted by Crippen LogP contribution is 2.29. The molecule has 0 spiro atoms. The molecule has 164 valence electrons. The van der Waals surface area contributed by atoms with Gasteiger partial charge in [0.1, 0.15) is 11.6 Å². The predicted octanol–water partition coefficient (Wildman–Crippen LogP) is 4.07. The Morgan fingerprint density at radius 1 is 0.935 bits per heavy atom. The van der Waals surface area contributed by atoms with E-state index >= 15 is 0 Å². The van der Waals surface area contributed by atoms with Gasteiger partial charge in [-0.25, -0.2) is 13.5 Å². The largest absolute Gasteiger partial charge is 0.369 e. The first kappa shape index (κ1) is 21.5. The second kappa shape index (κ2) is 9.16. The Morgan fingerprint density at radius 3 is 2.16 bits per heavy atom. The number of rotatable bonds is 6. The maximum absolute atomic E-state index is 14.9. The smallest absolute Gasteiger partial charge is 0.135 e. The Balaban J connectivity index is 1.59. The number of aromatic nitrogens is 2. The van der Waals surface area contributed by atoms with Gasteiger partial charge in [-0.15, -0.1) is 0 Å². The van der Waals surface area contributed by atoms with Gasteiger partial charge in [0, 0.05) is 44.5 Å². The average molecular weight is 426 g/mol. The first-order valence-electron chi connectivity index (χ1n) is 10.7. The van der Waals surface area contributed by atoms with Crippen LogP contribution in [0.1, 0.15) is 19.4 Å². The molecule has 7 heteroatoms. The molecule has 1 aliphatic rings. The SMILES string of the molecule is CC(C)NCc1cc(F)c(-c2ccnn2-c2ccc(N3CCN(C)CC3)cc2)c(F)c1. The third-order valence-electron chi connectivity index (χ3n) is 5.68. The molecule has 0 unspecified atom stereocenters. The van der Waals surface area contributed by atoms with Crippen molar-refractivity contribution >= 4 is 5.69 Å². The second-order valence-electron chi connectivity index (χ2n) is 8.41. The van der Waals surface area contributed by atoms with Crippen LogP contribution >= 0.6 is 0 Å². The van der Waals surface area contributed by atoms with E-state index in [0.29, 0.717) is 17.8 Å². The van der Waals surface area contributed by atoms with Crippen LogP contribution in [0, 0.1) is 11.6 Å². The summed E-state index contributed by atoms with van der Waals surface area (Å²) < 4.78 is 31.4. The van der Waals surface area contributed by atoms with Crippen molar-refractivity contribution in [3.8, 4) is 16.9 Å². The molecule has 0 aliphatic carbocycles. The number of nitrogens with zero attached hydrogens (tertiary/aromatic N) is 4. The van der Waals surface area contributed by atoms with Crippen molar-refractivity contribution in [3.05, 3.63) is 65.9 Å². The topological polar surface area (TPSA) is 36.3 Å². The summed E-state index contributed by atoms with van der Waals surface area (Å²) in [4.78, 5) is 4.66. The van der Waals surface area contributed by atoms with E-state index in [1.54, 1.807) is 16.9 Å². The van der Waals surface area contributed by atoms with Crippen LogP contribution in [0.25, 0.3) is 16.9 Å². The number of benzene rings is 2. The molecule has 1 fully saturated rings. The third kappa shape index (κ3) is 4.78. The first-order chi connectivity index (χ1) is 14.9. The van der Waals surface area contributed by atoms with E-state index in [4.69, 9.17) is 0 Å². The van der Waals surface area contributed by atoms with Gasteiger partial charge in [0.05, 0.1) is 23.1 Å². The van der Waals surface area contributed by atoms with Gasteiger partial charge < -0.3 is 15.1 Å². The molecule has 0 amide bonds. The van der Waals surface area contributed by atoms with E-state index in [2.05, 4.69) is 27.3 Å². The molecule has 1 aliphatic heterocycles. The van der Waals surface area contributed by atoms with Gasteiger partial charge in [-0.05, 0) is 55.1 Å². The van der Waals surface area contributed by atoms with Crippen molar-refractivity contribution < 1.29 is 8.78 Å². The molecule has 1 aromatic heterocycles. The Morgan fingerprint density at radius 2 is 1.55 bits per heavy atom. The lowest BCUT2D eigenvalue weighted by Crippen LogP contribution is -2.44. The van der Waals surface area contributed by atoms with Crippen molar-refractivity contribution in [1.29, 1.82) is 0 Å². The molecule has 0 radical (unpaired) electrons. The van der Waals surface area contributed by atoms with Gasteiger partial charge in [0.2, 0.25) is 0 Å². The minimum absolute atomic E-state index is 0.0612. The molecule has 0 bridgehead atoms. The lowest BCUT2D eigenvalue weighted by molar-refractivity contribution is 0.313. The lowest BCUT2D eigenvalue weighted by atomic mass is 10.1. The van der Waals surface area contributed by atoms with E-state index in [1.165, 1.54) is 12.1 Å². The van der Waals surface area contributed by atoms with Crippen molar-refractivity contribution in [3.63, 3.8) is 0 Å². The summed E-state index contributed by atoms with van der Waals surface area (Å²) >= 11 is 0. The predicted molar refractivity (Wildman–Crippen MR) is 121 cm³/mol. The zero-order chi connectivity index (χ0) is 22.0. The van der Waals surface area contributed by atoms with Crippen LogP contribution in [0.2, 0.25) is 0 Å². The highest BCUT2D eigenvalue weighted by Gasteiger charge is 2.19. The normalized spacial score (nSPS) is 15.1. The summed E-state index contributed by atoms with van der Waals surface area (Å²) in [5, 5.41) is 7.51. The summed E-state index contributed by atoms with van der Waals surface area (Å²) in [6.07, 6.45) is 1.57. The van der Waals surface area contributed by atoms with Gasteiger partial charge in [-0.2, -0.15) is 5.10 Å². The molecule has 3 aromatic rings. The molecular weight excluding hydrogens is 396 g/mol. The Bertz CT molecular complexity index is 998. The Kier molecular flexibility index (Phi) is 6.34. The number of nitrogens with one attached hydrogen (secondary N) is 1. The van der Waals surface area contributed by atoms with Gasteiger partial charge in [0.25, 0.3) is 0 Å². The molecule has 5 nitrogen and oxygen atoms in total. The maximum Gasteiger partial charge on any atom is 0.135 e. The van der Waals surface area contributed by atoms with Crippen LogP contribution < -0.4 is 10.2 Å². The Labute approximate surface area is 182 Å². The monoisotopic (exact) mass is 425 g/mol. The first-order valence-corrected chi connectivity index (χ1v) is 10.7. The molecule has 0 atom stereocenters. The molecule has 2 heterocycles. The highest BCUT2D eigenvalue weighted by atomic mass is 19.1. The maximum atomic E-state index is 14.9. The minimum atomic E-state index is -0.587. The molecule has 4 rings (SSSR count). The summed E-state index contributed by atoms with van der Waals surface area (Å²) in [5.74, 6) is -1.17. The molecule has 0 saturated carbocycles. The Hall–Kier alpha value is -2.77. The van der Waals surface area contributed by atoms with Crippen molar-refractivity contribution in [2.24, 2.45) is 0 Å². The van der Waals surface area contributed by atoms with Crippen LogP contribution in [0.15, 0.2) is 48.7 Å². The van der Waals surface area contributed by atoms with Crippen LogP contribution in [0.3, 0.4) is 0 Å². The number of hydrogen-bond acceptors (Lipinski definition) is 4. The van der Waals surface area contributed by atoms with Crippen molar-refractivity contribution in [2.75, 3.05) is 38.1 Å². The van der Waals surface area contributed by atoms with E-state index in [0.717, 1.165) is 37.6 Å². The van der Waals surface area contributed by atoms with Crippen LogP contribution in [0.5, 0.6) is 0 Å². The van der Waals surface area contributed by atoms with Gasteiger partial charge in [-0.1, -0.05) is 13.8 Å². The molecular formula is C24H29F2N5. The summed E-state index contributed by atoms with van der Waals surface area (Å²) in [7, 11) is 2.13. The highest BCUT2D eigenvalue weighted by molar-refractivity contribution is 5.64. The number of halogens is 2. The van der Waals surface area contributed by atoms with Gasteiger partial charge in [0.15, 0.2) is 0 Å². The fourth-order valence-electron chi connectivity index (χ4n) is 3.86. The number of likely N-dealkylation sites (N-methyl/N-ethyl adjacent to an activating group) is 1. The van der Waals surface area contributed by atoms with E-state index in [9.17, 15) is 8.78 Å². The number of hydrogen-bond donors (Lipinski definition) is 1. The van der Waals surface area contributed by atoms with Crippen molar-refractivity contribution in [2.45, 2.75) is 26.4 Å².